The van der Waals surface area contributed by atoms with Crippen LogP contribution in [0.1, 0.15) is 20.3 Å². The van der Waals surface area contributed by atoms with E-state index in [0.29, 0.717) is 17.7 Å². The van der Waals surface area contributed by atoms with E-state index in [0.717, 1.165) is 0 Å². The van der Waals surface area contributed by atoms with Crippen molar-refractivity contribution in [3.63, 3.8) is 0 Å². The molecule has 0 fully saturated rings. The number of nitroso groups, excluding NO2 is 1. The molecule has 82 valence electrons. The predicted molar refractivity (Wildman–Crippen MR) is 59.1 cm³/mol. The number of ether oxygens (including phenoxy) is 1. The summed E-state index contributed by atoms with van der Waals surface area (Å²) in [4.78, 5) is 21.2. The number of rotatable bonds is 2. The van der Waals surface area contributed by atoms with Crippen LogP contribution in [0.15, 0.2) is 40.8 Å². The first-order chi connectivity index (χ1) is 7.27. The van der Waals surface area contributed by atoms with Gasteiger partial charge in [0.2, 0.25) is 0 Å². The Morgan fingerprint density at radius 1 is 1.40 bits per heavy atom. The van der Waals surface area contributed by atoms with E-state index in [1.54, 1.807) is 18.2 Å². The predicted octanol–water partition coefficient (Wildman–Crippen LogP) is 2.72. The monoisotopic (exact) mass is 209 g/mol. The standard InChI is InChI=1S/C9H9NO3.C2H6/c1-13-9(11)7-3-2-4-8(10-12)6-5-7;1-2/h2,4-6H,3H2,1H3;1-2H3. The van der Waals surface area contributed by atoms with Gasteiger partial charge in [0.15, 0.2) is 0 Å². The molecule has 0 radical (unpaired) electrons. The van der Waals surface area contributed by atoms with Crippen molar-refractivity contribution >= 4 is 5.97 Å². The number of carbonyl (C=O) groups is 1. The van der Waals surface area contributed by atoms with E-state index in [4.69, 9.17) is 0 Å². The van der Waals surface area contributed by atoms with Crippen molar-refractivity contribution < 1.29 is 9.53 Å². The Bertz CT molecular complexity index is 314. The van der Waals surface area contributed by atoms with Crippen LogP contribution in [0.25, 0.3) is 0 Å². The van der Waals surface area contributed by atoms with Crippen molar-refractivity contribution in [1.29, 1.82) is 0 Å². The fourth-order valence-corrected chi connectivity index (χ4v) is 0.960. The van der Waals surface area contributed by atoms with Crippen molar-refractivity contribution in [2.45, 2.75) is 20.3 Å². The quantitative estimate of drug-likeness (QED) is 0.519. The van der Waals surface area contributed by atoms with Gasteiger partial charge in [-0.25, -0.2) is 4.79 Å². The van der Waals surface area contributed by atoms with E-state index < -0.39 is 0 Å². The summed E-state index contributed by atoms with van der Waals surface area (Å²) in [5.41, 5.74) is 0.816. The molecule has 0 heterocycles. The second-order valence-electron chi connectivity index (χ2n) is 2.47. The van der Waals surface area contributed by atoms with Crippen molar-refractivity contribution in [3.8, 4) is 0 Å². The zero-order valence-corrected chi connectivity index (χ0v) is 9.19. The van der Waals surface area contributed by atoms with Crippen LogP contribution in [-0.4, -0.2) is 13.1 Å². The third kappa shape index (κ3) is 4.35. The Morgan fingerprint density at radius 3 is 2.60 bits per heavy atom. The number of carbonyl (C=O) groups excluding carboxylic acids is 1. The molecule has 0 aromatic rings. The molecule has 4 nitrogen and oxygen atoms in total. The summed E-state index contributed by atoms with van der Waals surface area (Å²) in [7, 11) is 1.32. The molecule has 0 N–H and O–H groups in total. The number of hydrogen-bond acceptors (Lipinski definition) is 4. The molecular formula is C11H15NO3. The van der Waals surface area contributed by atoms with Crippen LogP contribution >= 0.6 is 0 Å². The molecule has 0 atom stereocenters. The lowest BCUT2D eigenvalue weighted by molar-refractivity contribution is -0.136. The van der Waals surface area contributed by atoms with Crippen LogP contribution < -0.4 is 0 Å². The third-order valence-corrected chi connectivity index (χ3v) is 1.63. The number of esters is 1. The highest BCUT2D eigenvalue weighted by Gasteiger charge is 2.08. The van der Waals surface area contributed by atoms with Crippen molar-refractivity contribution in [1.82, 2.24) is 0 Å². The van der Waals surface area contributed by atoms with E-state index in [1.807, 2.05) is 13.8 Å². The van der Waals surface area contributed by atoms with Gasteiger partial charge in [0.1, 0.15) is 5.70 Å². The minimum Gasteiger partial charge on any atom is -0.466 e. The first-order valence-electron chi connectivity index (χ1n) is 4.77. The Balaban J connectivity index is 0.000000921. The van der Waals surface area contributed by atoms with Gasteiger partial charge in [0.05, 0.1) is 7.11 Å². The molecule has 1 aliphatic carbocycles. The van der Waals surface area contributed by atoms with Crippen LogP contribution in [0.2, 0.25) is 0 Å². The van der Waals surface area contributed by atoms with Gasteiger partial charge in [-0.3, -0.25) is 0 Å². The molecule has 0 saturated heterocycles. The highest BCUT2D eigenvalue weighted by atomic mass is 16.5. The maximum Gasteiger partial charge on any atom is 0.334 e. The molecular weight excluding hydrogens is 194 g/mol. The second kappa shape index (κ2) is 7.67. The highest BCUT2D eigenvalue weighted by Crippen LogP contribution is 2.12. The minimum absolute atomic E-state index is 0.305. The SMILES string of the molecule is CC.COC(=O)C1=CC=C(N=O)C=CC1. The summed E-state index contributed by atoms with van der Waals surface area (Å²) in [6.07, 6.45) is 6.76. The van der Waals surface area contributed by atoms with Gasteiger partial charge in [0, 0.05) is 5.57 Å². The van der Waals surface area contributed by atoms with Crippen LogP contribution in [0, 0.1) is 4.91 Å². The van der Waals surface area contributed by atoms with Crippen LogP contribution in [-0.2, 0) is 9.53 Å². The van der Waals surface area contributed by atoms with Crippen LogP contribution in [0.3, 0.4) is 0 Å². The largest absolute Gasteiger partial charge is 0.466 e. The van der Waals surface area contributed by atoms with E-state index in [-0.39, 0.29) is 5.97 Å². The first-order valence-corrected chi connectivity index (χ1v) is 4.77. The molecule has 0 amide bonds. The molecule has 1 aliphatic rings. The molecule has 4 heteroatoms. The third-order valence-electron chi connectivity index (χ3n) is 1.63. The zero-order chi connectivity index (χ0) is 11.7. The normalized spacial score (nSPS) is 13.8. The zero-order valence-electron chi connectivity index (χ0n) is 9.19. The van der Waals surface area contributed by atoms with E-state index in [2.05, 4.69) is 9.91 Å². The molecule has 0 unspecified atom stereocenters. The smallest absolute Gasteiger partial charge is 0.334 e. The van der Waals surface area contributed by atoms with Crippen LogP contribution in [0.5, 0.6) is 0 Å². The molecule has 0 spiro atoms. The minimum atomic E-state index is -0.381. The summed E-state index contributed by atoms with van der Waals surface area (Å²) >= 11 is 0. The molecule has 0 aromatic heterocycles. The molecule has 0 aromatic carbocycles. The summed E-state index contributed by atoms with van der Waals surface area (Å²) in [5.74, 6) is -0.381. The van der Waals surface area contributed by atoms with E-state index in [1.165, 1.54) is 13.2 Å². The maximum absolute atomic E-state index is 11.1. The second-order valence-corrected chi connectivity index (χ2v) is 2.47. The number of allylic oxidation sites excluding steroid dienone is 4. The Labute approximate surface area is 89.3 Å². The lowest BCUT2D eigenvalue weighted by Crippen LogP contribution is -2.03. The summed E-state index contributed by atoms with van der Waals surface area (Å²) in [5, 5.41) is 2.75. The maximum atomic E-state index is 11.1. The fraction of sp³-hybridized carbons (Fsp3) is 0.364. The molecule has 0 aliphatic heterocycles. The summed E-state index contributed by atoms with van der Waals surface area (Å²) in [6, 6.07) is 0. The van der Waals surface area contributed by atoms with Crippen molar-refractivity contribution in [2.75, 3.05) is 7.11 Å². The molecule has 1 rings (SSSR count). The van der Waals surface area contributed by atoms with E-state index in [9.17, 15) is 9.70 Å². The molecule has 15 heavy (non-hydrogen) atoms. The van der Waals surface area contributed by atoms with Crippen molar-refractivity contribution in [3.05, 3.63) is 40.5 Å². The summed E-state index contributed by atoms with van der Waals surface area (Å²) in [6.45, 7) is 4.00. The van der Waals surface area contributed by atoms with E-state index >= 15 is 0 Å². The molecule has 0 bridgehead atoms. The van der Waals surface area contributed by atoms with Gasteiger partial charge in [-0.1, -0.05) is 19.9 Å². The number of nitrogens with zero attached hydrogens (tertiary/aromatic N) is 1. The Morgan fingerprint density at radius 2 is 2.07 bits per heavy atom. The lowest BCUT2D eigenvalue weighted by atomic mass is 10.2. The lowest BCUT2D eigenvalue weighted by Gasteiger charge is -1.98. The van der Waals surface area contributed by atoms with Gasteiger partial charge < -0.3 is 4.74 Å². The van der Waals surface area contributed by atoms with Crippen molar-refractivity contribution in [2.24, 2.45) is 5.18 Å². The topological polar surface area (TPSA) is 55.7 Å². The molecule has 0 saturated carbocycles. The average Bonchev–Trinajstić information content (AvgIpc) is 2.55. The van der Waals surface area contributed by atoms with Gasteiger partial charge in [0.25, 0.3) is 0 Å². The van der Waals surface area contributed by atoms with Gasteiger partial charge in [-0.15, -0.1) is 4.91 Å². The highest BCUT2D eigenvalue weighted by molar-refractivity contribution is 5.89. The summed E-state index contributed by atoms with van der Waals surface area (Å²) < 4.78 is 4.54. The Kier molecular flexibility index (Phi) is 6.80. The number of hydrogen-bond donors (Lipinski definition) is 0. The Hall–Kier alpha value is -1.71. The number of methoxy groups -OCH3 is 1. The average molecular weight is 209 g/mol. The van der Waals surface area contributed by atoms with Crippen LogP contribution in [0.4, 0.5) is 0 Å². The fourth-order valence-electron chi connectivity index (χ4n) is 0.960. The van der Waals surface area contributed by atoms with Gasteiger partial charge in [-0.2, -0.15) is 0 Å². The van der Waals surface area contributed by atoms with Gasteiger partial charge >= 0.3 is 5.97 Å². The first kappa shape index (κ1) is 13.3. The van der Waals surface area contributed by atoms with Gasteiger partial charge in [-0.05, 0) is 29.8 Å².